The third-order valence-electron chi connectivity index (χ3n) is 4.81. The van der Waals surface area contributed by atoms with Gasteiger partial charge in [-0.25, -0.2) is 0 Å². The molecule has 2 N–H and O–H groups in total. The number of hydrogen-bond acceptors (Lipinski definition) is 2. The summed E-state index contributed by atoms with van der Waals surface area (Å²) in [5, 5.41) is 0. The van der Waals surface area contributed by atoms with E-state index in [1.165, 1.54) is 38.5 Å². The van der Waals surface area contributed by atoms with Crippen molar-refractivity contribution in [1.82, 2.24) is 0 Å². The van der Waals surface area contributed by atoms with Gasteiger partial charge in [0.2, 0.25) is 0 Å². The molecule has 112 valence electrons. The minimum Gasteiger partial charge on any atom is -0.488 e. The Labute approximate surface area is 123 Å². The average molecular weight is 275 g/mol. The van der Waals surface area contributed by atoms with Crippen molar-refractivity contribution in [2.75, 3.05) is 5.73 Å². The van der Waals surface area contributed by atoms with Crippen molar-refractivity contribution in [2.45, 2.75) is 64.9 Å². The van der Waals surface area contributed by atoms with E-state index in [1.54, 1.807) is 0 Å². The van der Waals surface area contributed by atoms with Crippen LogP contribution in [0.4, 0.5) is 5.69 Å². The van der Waals surface area contributed by atoms with Gasteiger partial charge in [0.1, 0.15) is 11.4 Å². The van der Waals surface area contributed by atoms with Gasteiger partial charge in [-0.15, -0.1) is 0 Å². The Morgan fingerprint density at radius 2 is 1.75 bits per heavy atom. The number of anilines is 1. The third-order valence-corrected chi connectivity index (χ3v) is 4.81. The molecule has 1 atom stereocenters. The van der Waals surface area contributed by atoms with Crippen LogP contribution < -0.4 is 10.5 Å². The summed E-state index contributed by atoms with van der Waals surface area (Å²) in [4.78, 5) is 0. The van der Waals surface area contributed by atoms with Crippen LogP contribution in [0, 0.1) is 11.8 Å². The highest BCUT2D eigenvalue weighted by Crippen LogP contribution is 2.39. The van der Waals surface area contributed by atoms with Gasteiger partial charge in [-0.3, -0.25) is 0 Å². The Morgan fingerprint density at radius 3 is 2.30 bits per heavy atom. The van der Waals surface area contributed by atoms with Crippen molar-refractivity contribution in [1.29, 1.82) is 0 Å². The molecule has 1 saturated carbocycles. The second kappa shape index (κ2) is 6.51. The second-order valence-corrected chi connectivity index (χ2v) is 6.69. The fourth-order valence-corrected chi connectivity index (χ4v) is 3.84. The number of nitrogens with two attached hydrogens (primary N) is 1. The lowest BCUT2D eigenvalue weighted by Gasteiger charge is -2.41. The molecule has 0 bridgehead atoms. The first-order chi connectivity index (χ1) is 9.53. The number of rotatable bonds is 5. The molecule has 1 aliphatic carbocycles. The van der Waals surface area contributed by atoms with Gasteiger partial charge < -0.3 is 10.5 Å². The molecule has 0 aromatic heterocycles. The third kappa shape index (κ3) is 3.68. The van der Waals surface area contributed by atoms with Crippen LogP contribution in [0.2, 0.25) is 0 Å². The molecule has 1 aliphatic rings. The lowest BCUT2D eigenvalue weighted by atomic mass is 9.72. The first-order valence-electron chi connectivity index (χ1n) is 8.07. The highest BCUT2D eigenvalue weighted by atomic mass is 16.5. The van der Waals surface area contributed by atoms with Gasteiger partial charge in [-0.2, -0.15) is 0 Å². The summed E-state index contributed by atoms with van der Waals surface area (Å²) in [6, 6.07) is 7.77. The van der Waals surface area contributed by atoms with Crippen molar-refractivity contribution in [3.05, 3.63) is 24.3 Å². The van der Waals surface area contributed by atoms with Crippen molar-refractivity contribution in [2.24, 2.45) is 11.8 Å². The lowest BCUT2D eigenvalue weighted by Crippen LogP contribution is -2.42. The quantitative estimate of drug-likeness (QED) is 0.765. The summed E-state index contributed by atoms with van der Waals surface area (Å²) >= 11 is 0. The number of hydrogen-bond donors (Lipinski definition) is 1. The zero-order chi connectivity index (χ0) is 14.6. The van der Waals surface area contributed by atoms with E-state index < -0.39 is 0 Å². The molecule has 1 unspecified atom stereocenters. The molecule has 0 radical (unpaired) electrons. The fraction of sp³-hybridized carbons (Fsp3) is 0.667. The van der Waals surface area contributed by atoms with Crippen molar-refractivity contribution >= 4 is 5.69 Å². The summed E-state index contributed by atoms with van der Waals surface area (Å²) in [5.74, 6) is 2.37. The van der Waals surface area contributed by atoms with E-state index >= 15 is 0 Å². The summed E-state index contributed by atoms with van der Waals surface area (Å²) in [5.41, 5.74) is 6.41. The minimum atomic E-state index is -0.118. The Morgan fingerprint density at radius 1 is 1.15 bits per heavy atom. The van der Waals surface area contributed by atoms with Gasteiger partial charge in [-0.1, -0.05) is 39.0 Å². The van der Waals surface area contributed by atoms with Crippen LogP contribution in [0.25, 0.3) is 0 Å². The van der Waals surface area contributed by atoms with E-state index in [2.05, 4.69) is 20.8 Å². The molecule has 0 heterocycles. The van der Waals surface area contributed by atoms with E-state index in [0.717, 1.165) is 17.4 Å². The van der Waals surface area contributed by atoms with Crippen molar-refractivity contribution in [3.63, 3.8) is 0 Å². The zero-order valence-electron chi connectivity index (χ0n) is 13.2. The lowest BCUT2D eigenvalue weighted by molar-refractivity contribution is 0.00164. The topological polar surface area (TPSA) is 35.2 Å². The SMILES string of the molecule is CCC(C1CCCCC1)C(C)(C)Oc1ccc(N)cc1. The standard InChI is InChI=1S/C18H29NO/c1-4-17(14-8-6-5-7-9-14)18(2,3)20-16-12-10-15(19)11-13-16/h10-14,17H,4-9,19H2,1-3H3. The van der Waals surface area contributed by atoms with E-state index in [4.69, 9.17) is 10.5 Å². The van der Waals surface area contributed by atoms with Gasteiger partial charge in [0.25, 0.3) is 0 Å². The van der Waals surface area contributed by atoms with Gasteiger partial charge in [-0.05, 0) is 50.5 Å². The van der Waals surface area contributed by atoms with Crippen LogP contribution >= 0.6 is 0 Å². The normalized spacial score (nSPS) is 18.8. The molecule has 1 aromatic rings. The van der Waals surface area contributed by atoms with Gasteiger partial charge in [0, 0.05) is 11.6 Å². The van der Waals surface area contributed by atoms with Crippen LogP contribution in [0.5, 0.6) is 5.75 Å². The molecular weight excluding hydrogens is 246 g/mol. The molecule has 2 nitrogen and oxygen atoms in total. The average Bonchev–Trinajstić information content (AvgIpc) is 2.43. The van der Waals surface area contributed by atoms with Gasteiger partial charge in [0.15, 0.2) is 0 Å². The Kier molecular flexibility index (Phi) is 4.95. The molecule has 0 aliphatic heterocycles. The maximum absolute atomic E-state index is 6.31. The van der Waals surface area contributed by atoms with Crippen molar-refractivity contribution < 1.29 is 4.74 Å². The molecule has 0 amide bonds. The Balaban J connectivity index is 2.07. The van der Waals surface area contributed by atoms with E-state index in [9.17, 15) is 0 Å². The summed E-state index contributed by atoms with van der Waals surface area (Å²) < 4.78 is 6.31. The summed E-state index contributed by atoms with van der Waals surface area (Å²) in [6.07, 6.45) is 8.11. The largest absolute Gasteiger partial charge is 0.488 e. The summed E-state index contributed by atoms with van der Waals surface area (Å²) in [7, 11) is 0. The van der Waals surface area contributed by atoms with Crippen LogP contribution in [0.15, 0.2) is 24.3 Å². The monoisotopic (exact) mass is 275 g/mol. The fourth-order valence-electron chi connectivity index (χ4n) is 3.84. The smallest absolute Gasteiger partial charge is 0.120 e. The Hall–Kier alpha value is -1.18. The number of ether oxygens (including phenoxy) is 1. The molecule has 2 rings (SSSR count). The zero-order valence-corrected chi connectivity index (χ0v) is 13.2. The predicted octanol–water partition coefficient (Wildman–Crippen LogP) is 5.03. The molecule has 1 aromatic carbocycles. The van der Waals surface area contributed by atoms with Crippen LogP contribution in [-0.2, 0) is 0 Å². The van der Waals surface area contributed by atoms with Crippen LogP contribution in [0.1, 0.15) is 59.3 Å². The van der Waals surface area contributed by atoms with Crippen LogP contribution in [0.3, 0.4) is 0 Å². The van der Waals surface area contributed by atoms with Gasteiger partial charge in [0.05, 0.1) is 0 Å². The molecular formula is C18H29NO. The van der Waals surface area contributed by atoms with Crippen molar-refractivity contribution in [3.8, 4) is 5.75 Å². The summed E-state index contributed by atoms with van der Waals surface area (Å²) in [6.45, 7) is 6.78. The minimum absolute atomic E-state index is 0.118. The van der Waals surface area contributed by atoms with E-state index in [-0.39, 0.29) is 5.60 Å². The second-order valence-electron chi connectivity index (χ2n) is 6.69. The number of nitrogen functional groups attached to an aromatic ring is 1. The van der Waals surface area contributed by atoms with E-state index in [0.29, 0.717) is 5.92 Å². The molecule has 2 heteroatoms. The molecule has 20 heavy (non-hydrogen) atoms. The molecule has 0 spiro atoms. The van der Waals surface area contributed by atoms with Gasteiger partial charge >= 0.3 is 0 Å². The highest BCUT2D eigenvalue weighted by Gasteiger charge is 2.36. The first kappa shape index (κ1) is 15.2. The highest BCUT2D eigenvalue weighted by molar-refractivity contribution is 5.41. The predicted molar refractivity (Wildman–Crippen MR) is 85.9 cm³/mol. The first-order valence-corrected chi connectivity index (χ1v) is 8.07. The Bertz CT molecular complexity index is 404. The van der Waals surface area contributed by atoms with Crippen LogP contribution in [-0.4, -0.2) is 5.60 Å². The number of benzene rings is 1. The maximum Gasteiger partial charge on any atom is 0.120 e. The molecule has 0 saturated heterocycles. The van der Waals surface area contributed by atoms with E-state index in [1.807, 2.05) is 24.3 Å². The molecule has 1 fully saturated rings. The maximum atomic E-state index is 6.31.